The van der Waals surface area contributed by atoms with Gasteiger partial charge in [0, 0.05) is 5.56 Å². The molecule has 0 aliphatic rings. The SMILES string of the molecule is CCc1c(C(=O)O)cccc1-c1cn2nc(Nc3ccccc3C#N)nc2cn1. The molecule has 4 aromatic rings. The normalized spacial score (nSPS) is 10.6. The number of rotatable bonds is 5. The van der Waals surface area contributed by atoms with E-state index in [2.05, 4.69) is 26.5 Å². The lowest BCUT2D eigenvalue weighted by Gasteiger charge is -2.10. The smallest absolute Gasteiger partial charge is 0.335 e. The zero-order valence-corrected chi connectivity index (χ0v) is 15.5. The molecule has 8 nitrogen and oxygen atoms in total. The lowest BCUT2D eigenvalue weighted by molar-refractivity contribution is 0.0696. The highest BCUT2D eigenvalue weighted by Gasteiger charge is 2.15. The Morgan fingerprint density at radius 2 is 2.07 bits per heavy atom. The van der Waals surface area contributed by atoms with E-state index in [0.717, 1.165) is 5.56 Å². The summed E-state index contributed by atoms with van der Waals surface area (Å²) in [6.45, 7) is 1.91. The number of carboxylic acids is 1. The van der Waals surface area contributed by atoms with Gasteiger partial charge in [-0.05, 0) is 30.2 Å². The number of para-hydroxylation sites is 1. The Balaban J connectivity index is 1.74. The van der Waals surface area contributed by atoms with Gasteiger partial charge in [-0.3, -0.25) is 4.98 Å². The zero-order chi connectivity index (χ0) is 20.4. The van der Waals surface area contributed by atoms with Crippen LogP contribution in [-0.2, 0) is 6.42 Å². The van der Waals surface area contributed by atoms with Gasteiger partial charge in [0.1, 0.15) is 6.07 Å². The number of fused-ring (bicyclic) bond motifs is 1. The van der Waals surface area contributed by atoms with Gasteiger partial charge in [-0.25, -0.2) is 9.31 Å². The van der Waals surface area contributed by atoms with Crippen molar-refractivity contribution < 1.29 is 9.90 Å². The third-order valence-electron chi connectivity index (χ3n) is 4.55. The van der Waals surface area contributed by atoms with E-state index < -0.39 is 5.97 Å². The predicted octanol–water partition coefficient (Wildman–Crippen LogP) is 3.67. The van der Waals surface area contributed by atoms with Crippen molar-refractivity contribution in [2.24, 2.45) is 0 Å². The second kappa shape index (κ2) is 7.40. The van der Waals surface area contributed by atoms with E-state index in [1.165, 1.54) is 0 Å². The minimum absolute atomic E-state index is 0.265. The number of aromatic carboxylic acids is 1. The summed E-state index contributed by atoms with van der Waals surface area (Å²) < 4.78 is 1.58. The van der Waals surface area contributed by atoms with Gasteiger partial charge in [-0.1, -0.05) is 31.2 Å². The first-order chi connectivity index (χ1) is 14.1. The largest absolute Gasteiger partial charge is 0.478 e. The molecule has 0 amide bonds. The Morgan fingerprint density at radius 1 is 1.24 bits per heavy atom. The van der Waals surface area contributed by atoms with Crippen molar-refractivity contribution in [1.29, 1.82) is 5.26 Å². The van der Waals surface area contributed by atoms with Crippen LogP contribution in [0.4, 0.5) is 11.6 Å². The number of nitriles is 1. The van der Waals surface area contributed by atoms with Crippen LogP contribution in [0.15, 0.2) is 54.9 Å². The quantitative estimate of drug-likeness (QED) is 0.539. The first-order valence-electron chi connectivity index (χ1n) is 8.95. The van der Waals surface area contributed by atoms with E-state index in [1.807, 2.05) is 19.1 Å². The minimum atomic E-state index is -0.965. The highest BCUT2D eigenvalue weighted by atomic mass is 16.4. The molecule has 0 atom stereocenters. The standard InChI is InChI=1S/C21H16N6O2/c1-2-14-15(7-5-8-16(14)20(28)29)18-12-27-19(11-23-18)25-21(26-27)24-17-9-4-3-6-13(17)10-22/h3-9,11-12H,2H2,1H3,(H,24,26)(H,28,29). The molecule has 0 fully saturated rings. The molecule has 0 saturated heterocycles. The van der Waals surface area contributed by atoms with Crippen molar-refractivity contribution in [3.63, 3.8) is 0 Å². The summed E-state index contributed by atoms with van der Waals surface area (Å²) in [5, 5.41) is 26.1. The van der Waals surface area contributed by atoms with Gasteiger partial charge < -0.3 is 10.4 Å². The number of carbonyl (C=O) groups is 1. The van der Waals surface area contributed by atoms with E-state index >= 15 is 0 Å². The van der Waals surface area contributed by atoms with Crippen molar-refractivity contribution in [3.8, 4) is 17.3 Å². The van der Waals surface area contributed by atoms with Crippen LogP contribution in [0.2, 0.25) is 0 Å². The third kappa shape index (κ3) is 3.37. The molecule has 0 radical (unpaired) electrons. The molecule has 2 N–H and O–H groups in total. The average molecular weight is 384 g/mol. The number of hydrogen-bond donors (Lipinski definition) is 2. The Bertz CT molecular complexity index is 1270. The maximum atomic E-state index is 11.5. The summed E-state index contributed by atoms with van der Waals surface area (Å²) in [6.07, 6.45) is 3.85. The van der Waals surface area contributed by atoms with Crippen molar-refractivity contribution in [1.82, 2.24) is 19.6 Å². The molecule has 2 aromatic carbocycles. The number of benzene rings is 2. The monoisotopic (exact) mass is 384 g/mol. The van der Waals surface area contributed by atoms with Gasteiger partial charge in [0.05, 0.1) is 34.9 Å². The van der Waals surface area contributed by atoms with Gasteiger partial charge in [0.25, 0.3) is 0 Å². The number of aromatic nitrogens is 4. The summed E-state index contributed by atoms with van der Waals surface area (Å²) in [4.78, 5) is 20.4. The van der Waals surface area contributed by atoms with Crippen LogP contribution in [0.25, 0.3) is 16.9 Å². The fraction of sp³-hybridized carbons (Fsp3) is 0.0952. The molecule has 142 valence electrons. The van der Waals surface area contributed by atoms with Crippen LogP contribution >= 0.6 is 0 Å². The van der Waals surface area contributed by atoms with Crippen molar-refractivity contribution in [3.05, 3.63) is 71.5 Å². The lowest BCUT2D eigenvalue weighted by atomic mass is 9.97. The number of hydrogen-bond acceptors (Lipinski definition) is 6. The first kappa shape index (κ1) is 18.1. The molecule has 0 saturated carbocycles. The summed E-state index contributed by atoms with van der Waals surface area (Å²) in [7, 11) is 0. The number of anilines is 2. The van der Waals surface area contributed by atoms with Gasteiger partial charge in [-0.15, -0.1) is 5.10 Å². The Kier molecular flexibility index (Phi) is 4.63. The maximum absolute atomic E-state index is 11.5. The van der Waals surface area contributed by atoms with Crippen LogP contribution < -0.4 is 5.32 Å². The average Bonchev–Trinajstić information content (AvgIpc) is 3.14. The van der Waals surface area contributed by atoms with Crippen molar-refractivity contribution >= 4 is 23.3 Å². The van der Waals surface area contributed by atoms with Crippen molar-refractivity contribution in [2.75, 3.05) is 5.32 Å². The van der Waals surface area contributed by atoms with Crippen LogP contribution in [0.1, 0.15) is 28.4 Å². The van der Waals surface area contributed by atoms with Gasteiger partial charge >= 0.3 is 5.97 Å². The molecular weight excluding hydrogens is 368 g/mol. The number of carboxylic acid groups (broad SMARTS) is 1. The van der Waals surface area contributed by atoms with Crippen molar-refractivity contribution in [2.45, 2.75) is 13.3 Å². The Morgan fingerprint density at radius 3 is 2.83 bits per heavy atom. The van der Waals surface area contributed by atoms with E-state index in [0.29, 0.717) is 40.5 Å². The topological polar surface area (TPSA) is 116 Å². The van der Waals surface area contributed by atoms with Gasteiger partial charge in [-0.2, -0.15) is 10.2 Å². The Hall–Kier alpha value is -4.25. The van der Waals surface area contributed by atoms with Gasteiger partial charge in [0.2, 0.25) is 5.95 Å². The lowest BCUT2D eigenvalue weighted by Crippen LogP contribution is -2.04. The fourth-order valence-electron chi connectivity index (χ4n) is 3.21. The van der Waals surface area contributed by atoms with Crippen LogP contribution in [0.3, 0.4) is 0 Å². The molecule has 2 heterocycles. The van der Waals surface area contributed by atoms with Crippen LogP contribution in [-0.4, -0.2) is 30.7 Å². The molecule has 0 aliphatic heterocycles. The van der Waals surface area contributed by atoms with Gasteiger partial charge in [0.15, 0.2) is 5.65 Å². The zero-order valence-electron chi connectivity index (χ0n) is 15.5. The summed E-state index contributed by atoms with van der Waals surface area (Å²) in [6, 6.07) is 14.4. The molecular formula is C21H16N6O2. The third-order valence-corrected chi connectivity index (χ3v) is 4.55. The summed E-state index contributed by atoms with van der Waals surface area (Å²) in [5.74, 6) is -0.630. The Labute approximate surface area is 166 Å². The van der Waals surface area contributed by atoms with E-state index in [1.54, 1.807) is 47.2 Å². The van der Waals surface area contributed by atoms with E-state index in [-0.39, 0.29) is 5.56 Å². The van der Waals surface area contributed by atoms with Crippen LogP contribution in [0.5, 0.6) is 0 Å². The molecule has 0 aliphatic carbocycles. The fourth-order valence-corrected chi connectivity index (χ4v) is 3.21. The molecule has 2 aromatic heterocycles. The molecule has 0 unspecified atom stereocenters. The minimum Gasteiger partial charge on any atom is -0.478 e. The highest BCUT2D eigenvalue weighted by Crippen LogP contribution is 2.26. The maximum Gasteiger partial charge on any atom is 0.335 e. The second-order valence-electron chi connectivity index (χ2n) is 6.28. The highest BCUT2D eigenvalue weighted by molar-refractivity contribution is 5.92. The molecule has 0 spiro atoms. The number of nitrogens with one attached hydrogen (secondary N) is 1. The molecule has 29 heavy (non-hydrogen) atoms. The van der Waals surface area contributed by atoms with Crippen LogP contribution in [0, 0.1) is 11.3 Å². The molecule has 4 rings (SSSR count). The first-order valence-corrected chi connectivity index (χ1v) is 8.95. The summed E-state index contributed by atoms with van der Waals surface area (Å²) in [5.41, 5.74) is 3.96. The summed E-state index contributed by atoms with van der Waals surface area (Å²) >= 11 is 0. The molecule has 8 heteroatoms. The number of nitrogens with zero attached hydrogens (tertiary/aromatic N) is 5. The van der Waals surface area contributed by atoms with E-state index in [9.17, 15) is 15.2 Å². The predicted molar refractivity (Wildman–Crippen MR) is 107 cm³/mol. The van der Waals surface area contributed by atoms with E-state index in [4.69, 9.17) is 0 Å². The second-order valence-corrected chi connectivity index (χ2v) is 6.28. The molecule has 0 bridgehead atoms.